The highest BCUT2D eigenvalue weighted by Gasteiger charge is 2.23. The van der Waals surface area contributed by atoms with E-state index in [0.29, 0.717) is 5.92 Å². The van der Waals surface area contributed by atoms with Gasteiger partial charge in [0.05, 0.1) is 16.6 Å². The first-order chi connectivity index (χ1) is 28.2. The Morgan fingerprint density at radius 2 is 0.789 bits per heavy atom. The molecule has 0 saturated heterocycles. The van der Waals surface area contributed by atoms with Crippen molar-refractivity contribution in [1.82, 2.24) is 9.13 Å². The Morgan fingerprint density at radius 3 is 1.40 bits per heavy atom. The van der Waals surface area contributed by atoms with Crippen LogP contribution in [0.25, 0.3) is 94.7 Å². The first-order valence-electron chi connectivity index (χ1n) is 20.0. The summed E-state index contributed by atoms with van der Waals surface area (Å²) in [7, 11) is 0. The van der Waals surface area contributed by atoms with Crippen LogP contribution in [-0.2, 0) is 0 Å². The third kappa shape index (κ3) is 5.64. The first kappa shape index (κ1) is 33.2. The van der Waals surface area contributed by atoms with Gasteiger partial charge >= 0.3 is 0 Å². The topological polar surface area (TPSA) is 9.86 Å². The van der Waals surface area contributed by atoms with Crippen molar-refractivity contribution in [3.05, 3.63) is 211 Å². The maximum absolute atomic E-state index is 2.48. The average molecular weight is 729 g/mol. The molecule has 1 aliphatic rings. The fourth-order valence-corrected chi connectivity index (χ4v) is 9.17. The van der Waals surface area contributed by atoms with Crippen molar-refractivity contribution < 1.29 is 0 Å². The number of hydrogen-bond acceptors (Lipinski definition) is 0. The maximum Gasteiger partial charge on any atom is 0.0541 e. The predicted octanol–water partition coefficient (Wildman–Crippen LogP) is 14.9. The largest absolute Gasteiger partial charge is 0.313 e. The van der Waals surface area contributed by atoms with E-state index in [-0.39, 0.29) is 0 Å². The summed E-state index contributed by atoms with van der Waals surface area (Å²) in [6.45, 7) is 2.35. The highest BCUT2D eigenvalue weighted by molar-refractivity contribution is 6.09. The molecule has 0 radical (unpaired) electrons. The molecule has 10 aromatic rings. The molecule has 57 heavy (non-hydrogen) atoms. The minimum Gasteiger partial charge on any atom is -0.313 e. The van der Waals surface area contributed by atoms with Crippen LogP contribution in [0.1, 0.15) is 30.5 Å². The molecule has 0 fully saturated rings. The lowest BCUT2D eigenvalue weighted by Gasteiger charge is -2.19. The van der Waals surface area contributed by atoms with Crippen molar-refractivity contribution in [2.75, 3.05) is 0 Å². The maximum atomic E-state index is 2.48. The Morgan fingerprint density at radius 1 is 0.368 bits per heavy atom. The van der Waals surface area contributed by atoms with E-state index in [1.54, 1.807) is 0 Å². The number of rotatable bonds is 6. The molecule has 0 saturated carbocycles. The lowest BCUT2D eigenvalue weighted by atomic mass is 9.92. The van der Waals surface area contributed by atoms with Gasteiger partial charge in [-0.05, 0) is 118 Å². The number of allylic oxidation sites excluding steroid dienone is 1. The van der Waals surface area contributed by atoms with Crippen LogP contribution in [0.3, 0.4) is 0 Å². The van der Waals surface area contributed by atoms with E-state index in [9.17, 15) is 0 Å². The standard InChI is InChI=1S/C55H40N2/c1-37-13-11-21-51-50-20-7-10-24-54(50)57(55(37)51)47-31-25-39(26-32-47)41-16-12-17-42(33-41)45-35-43(38-14-3-2-4-15-38)34-44(36-45)40-27-29-46(30-28-40)56-52-22-8-5-18-48(52)49-19-6-9-23-53(49)56/h2-12,14-37H,13H2,1H3. The summed E-state index contributed by atoms with van der Waals surface area (Å²) in [6, 6.07) is 71.2. The van der Waals surface area contributed by atoms with Crippen molar-refractivity contribution in [1.29, 1.82) is 0 Å². The van der Waals surface area contributed by atoms with Gasteiger partial charge in [-0.25, -0.2) is 0 Å². The van der Waals surface area contributed by atoms with Crippen molar-refractivity contribution in [2.24, 2.45) is 0 Å². The molecule has 2 heterocycles. The van der Waals surface area contributed by atoms with Crippen LogP contribution in [0.15, 0.2) is 200 Å². The molecule has 0 bridgehead atoms. The van der Waals surface area contributed by atoms with E-state index in [4.69, 9.17) is 0 Å². The Hall–Kier alpha value is -7.16. The van der Waals surface area contributed by atoms with Gasteiger partial charge in [0.25, 0.3) is 0 Å². The van der Waals surface area contributed by atoms with E-state index in [1.807, 2.05) is 0 Å². The lowest BCUT2D eigenvalue weighted by Crippen LogP contribution is -2.06. The second-order valence-corrected chi connectivity index (χ2v) is 15.4. The summed E-state index contributed by atoms with van der Waals surface area (Å²) < 4.78 is 4.86. The van der Waals surface area contributed by atoms with Crippen molar-refractivity contribution >= 4 is 38.8 Å². The van der Waals surface area contributed by atoms with E-state index < -0.39 is 0 Å². The molecule has 1 atom stereocenters. The van der Waals surface area contributed by atoms with Crippen molar-refractivity contribution in [3.63, 3.8) is 0 Å². The summed E-state index contributed by atoms with van der Waals surface area (Å²) in [5, 5.41) is 3.87. The van der Waals surface area contributed by atoms with Crippen molar-refractivity contribution in [2.45, 2.75) is 19.3 Å². The van der Waals surface area contributed by atoms with Crippen LogP contribution < -0.4 is 0 Å². The SMILES string of the molecule is CC1CC=Cc2c1n(-c1ccc(-c3cccc(-c4cc(-c5ccccc5)cc(-c5ccc(-n6c7ccccc7c7ccccc76)cc5)c4)c3)cc1)c1ccccc21. The zero-order valence-electron chi connectivity index (χ0n) is 31.8. The third-order valence-corrected chi connectivity index (χ3v) is 11.9. The first-order valence-corrected chi connectivity index (χ1v) is 20.0. The van der Waals surface area contributed by atoms with E-state index >= 15 is 0 Å². The molecule has 2 heteroatoms. The number of aromatic nitrogens is 2. The monoisotopic (exact) mass is 728 g/mol. The third-order valence-electron chi connectivity index (χ3n) is 11.9. The zero-order chi connectivity index (χ0) is 37.9. The van der Waals surface area contributed by atoms with E-state index in [1.165, 1.54) is 94.2 Å². The normalized spacial score (nSPS) is 13.7. The van der Waals surface area contributed by atoms with Crippen molar-refractivity contribution in [3.8, 4) is 55.9 Å². The van der Waals surface area contributed by atoms with Gasteiger partial charge < -0.3 is 9.13 Å². The molecule has 0 N–H and O–H groups in total. The van der Waals surface area contributed by atoms with Gasteiger partial charge in [-0.15, -0.1) is 0 Å². The molecule has 2 nitrogen and oxygen atoms in total. The summed E-state index contributed by atoms with van der Waals surface area (Å²) in [5.74, 6) is 0.461. The second-order valence-electron chi connectivity index (χ2n) is 15.4. The van der Waals surface area contributed by atoms with Crippen LogP contribution in [0, 0.1) is 0 Å². The molecule has 0 spiro atoms. The molecule has 270 valence electrons. The van der Waals surface area contributed by atoms with E-state index in [0.717, 1.165) is 12.1 Å². The van der Waals surface area contributed by atoms with Gasteiger partial charge in [0, 0.05) is 44.7 Å². The molecule has 1 aliphatic carbocycles. The van der Waals surface area contributed by atoms with Crippen LogP contribution in [0.5, 0.6) is 0 Å². The van der Waals surface area contributed by atoms with Crippen LogP contribution in [0.2, 0.25) is 0 Å². The quantitative estimate of drug-likeness (QED) is 0.161. The number of nitrogens with zero attached hydrogens (tertiary/aromatic N) is 2. The van der Waals surface area contributed by atoms with Gasteiger partial charge in [0.1, 0.15) is 0 Å². The van der Waals surface area contributed by atoms with Gasteiger partial charge in [0.2, 0.25) is 0 Å². The summed E-state index contributed by atoms with van der Waals surface area (Å²) >= 11 is 0. The van der Waals surface area contributed by atoms with Crippen LogP contribution in [0.4, 0.5) is 0 Å². The minimum absolute atomic E-state index is 0.461. The molecule has 8 aromatic carbocycles. The summed E-state index contributed by atoms with van der Waals surface area (Å²) in [4.78, 5) is 0. The molecule has 0 aliphatic heterocycles. The average Bonchev–Trinajstić information content (AvgIpc) is 3.81. The molecular weight excluding hydrogens is 689 g/mol. The molecule has 2 aromatic heterocycles. The Labute approximate surface area is 333 Å². The number of para-hydroxylation sites is 3. The van der Waals surface area contributed by atoms with Crippen LogP contribution >= 0.6 is 0 Å². The highest BCUT2D eigenvalue weighted by atomic mass is 15.0. The van der Waals surface area contributed by atoms with Gasteiger partial charge in [-0.3, -0.25) is 0 Å². The number of benzene rings is 8. The Balaban J connectivity index is 0.970. The molecular formula is C55H40N2. The zero-order valence-corrected chi connectivity index (χ0v) is 31.8. The fourth-order valence-electron chi connectivity index (χ4n) is 9.17. The molecule has 11 rings (SSSR count). The number of fused-ring (bicyclic) bond motifs is 6. The fraction of sp³-hybridized carbons (Fsp3) is 0.0545. The minimum atomic E-state index is 0.461. The highest BCUT2D eigenvalue weighted by Crippen LogP contribution is 2.40. The van der Waals surface area contributed by atoms with Gasteiger partial charge in [0.15, 0.2) is 0 Å². The molecule has 1 unspecified atom stereocenters. The Kier molecular flexibility index (Phi) is 7.89. The smallest absolute Gasteiger partial charge is 0.0541 e. The molecule has 0 amide bonds. The Bertz CT molecular complexity index is 3090. The van der Waals surface area contributed by atoms with Gasteiger partial charge in [-0.2, -0.15) is 0 Å². The second kappa shape index (κ2) is 13.5. The van der Waals surface area contributed by atoms with Gasteiger partial charge in [-0.1, -0.05) is 146 Å². The number of hydrogen-bond donors (Lipinski definition) is 0. The summed E-state index contributed by atoms with van der Waals surface area (Å²) in [6.07, 6.45) is 5.70. The lowest BCUT2D eigenvalue weighted by molar-refractivity contribution is 0.723. The predicted molar refractivity (Wildman–Crippen MR) is 241 cm³/mol. The summed E-state index contributed by atoms with van der Waals surface area (Å²) in [5.41, 5.74) is 18.4. The van der Waals surface area contributed by atoms with Crippen LogP contribution in [-0.4, -0.2) is 9.13 Å². The van der Waals surface area contributed by atoms with E-state index in [2.05, 4.69) is 222 Å².